The lowest BCUT2D eigenvalue weighted by molar-refractivity contribution is -0.326. The fraction of sp³-hybridized carbons (Fsp3) is 0.909. The smallest absolute Gasteiger partial charge is 0.222 e. The Morgan fingerprint density at radius 3 is 1.78 bits per heavy atom. The third-order valence-electron chi connectivity index (χ3n) is 9.22. The molecule has 7 N–H and O–H groups in total. The van der Waals surface area contributed by atoms with Crippen LogP contribution in [0.1, 0.15) is 111 Å². The first-order chi connectivity index (χ1) is 21.7. The maximum absolute atomic E-state index is 12.5. The number of aliphatic hydroxyl groups is 4. The molecule has 0 spiro atoms. The number of hydrogen-bond donors (Lipinski definition) is 7. The SMILES string of the molecule is CNCCCCCC(=O)NCCCCCC(=O)NCCCCCC(=O)N(C)CCCCSC1OC(CO)C(C)(O)C(C)(O)C1(C)O. The molecule has 0 radical (unpaired) electrons. The lowest BCUT2D eigenvalue weighted by atomic mass is 9.69. The molecule has 3 amide bonds. The highest BCUT2D eigenvalue weighted by Crippen LogP contribution is 2.47. The summed E-state index contributed by atoms with van der Waals surface area (Å²) in [4.78, 5) is 38.1. The largest absolute Gasteiger partial charge is 0.394 e. The van der Waals surface area contributed by atoms with Gasteiger partial charge in [-0.2, -0.15) is 0 Å². The summed E-state index contributed by atoms with van der Waals surface area (Å²) in [6, 6.07) is 0. The van der Waals surface area contributed by atoms with E-state index in [1.165, 1.54) is 32.5 Å². The van der Waals surface area contributed by atoms with Crippen LogP contribution in [0.3, 0.4) is 0 Å². The standard InChI is InChI=1S/C33H64N4O8S/c1-31(42)26(25-38)45-30(32(2,43)33(31,3)44)46-24-16-15-23-37(5)29(41)19-11-8-14-22-36-28(40)18-10-7-13-21-35-27(39)17-9-6-12-20-34-4/h26,30,34,38,42-44H,6-25H2,1-5H3,(H,35,39)(H,36,40). The monoisotopic (exact) mass is 676 g/mol. The van der Waals surface area contributed by atoms with Crippen molar-refractivity contribution in [2.75, 3.05) is 52.6 Å². The minimum Gasteiger partial charge on any atom is -0.394 e. The predicted octanol–water partition coefficient (Wildman–Crippen LogP) is 2.06. The molecule has 1 saturated heterocycles. The molecule has 0 aromatic carbocycles. The van der Waals surface area contributed by atoms with Gasteiger partial charge in [-0.15, -0.1) is 11.8 Å². The number of ether oxygens (including phenoxy) is 1. The van der Waals surface area contributed by atoms with Crippen molar-refractivity contribution in [2.45, 2.75) is 139 Å². The number of unbranched alkanes of at least 4 members (excludes halogenated alkanes) is 7. The van der Waals surface area contributed by atoms with Crippen LogP contribution >= 0.6 is 11.8 Å². The molecule has 0 aliphatic carbocycles. The first-order valence-corrected chi connectivity index (χ1v) is 18.2. The Kier molecular flexibility index (Phi) is 20.5. The van der Waals surface area contributed by atoms with Gasteiger partial charge in [-0.3, -0.25) is 14.4 Å². The van der Waals surface area contributed by atoms with Gasteiger partial charge in [0, 0.05) is 45.9 Å². The zero-order chi connectivity index (χ0) is 34.6. The van der Waals surface area contributed by atoms with Gasteiger partial charge < -0.3 is 46.0 Å². The van der Waals surface area contributed by atoms with Gasteiger partial charge in [0.2, 0.25) is 17.7 Å². The van der Waals surface area contributed by atoms with E-state index in [0.717, 1.165) is 77.2 Å². The zero-order valence-corrected chi connectivity index (χ0v) is 29.9. The Hall–Kier alpha value is -1.48. The van der Waals surface area contributed by atoms with E-state index in [4.69, 9.17) is 4.74 Å². The summed E-state index contributed by atoms with van der Waals surface area (Å²) in [6.45, 7) is 6.50. The summed E-state index contributed by atoms with van der Waals surface area (Å²) in [6.07, 6.45) is 10.1. The van der Waals surface area contributed by atoms with Crippen LogP contribution in [0.4, 0.5) is 0 Å². The molecule has 0 aromatic rings. The number of nitrogens with zero attached hydrogens (tertiary/aromatic N) is 1. The van der Waals surface area contributed by atoms with Crippen LogP contribution in [0.5, 0.6) is 0 Å². The van der Waals surface area contributed by atoms with Crippen LogP contribution in [-0.2, 0) is 19.1 Å². The summed E-state index contributed by atoms with van der Waals surface area (Å²) in [5.41, 5.74) is -6.29. The first kappa shape index (κ1) is 42.5. The van der Waals surface area contributed by atoms with Crippen molar-refractivity contribution in [3.63, 3.8) is 0 Å². The summed E-state index contributed by atoms with van der Waals surface area (Å²) in [5.74, 6) is 0.848. The van der Waals surface area contributed by atoms with Crippen LogP contribution in [0.25, 0.3) is 0 Å². The van der Waals surface area contributed by atoms with E-state index in [1.54, 1.807) is 11.9 Å². The Morgan fingerprint density at radius 1 is 0.739 bits per heavy atom. The van der Waals surface area contributed by atoms with E-state index in [9.17, 15) is 34.8 Å². The molecule has 1 heterocycles. The van der Waals surface area contributed by atoms with Crippen LogP contribution in [0, 0.1) is 0 Å². The van der Waals surface area contributed by atoms with Crippen molar-refractivity contribution in [3.8, 4) is 0 Å². The topological polar surface area (TPSA) is 181 Å². The van der Waals surface area contributed by atoms with Crippen molar-refractivity contribution in [1.29, 1.82) is 0 Å². The van der Waals surface area contributed by atoms with E-state index >= 15 is 0 Å². The number of thioether (sulfide) groups is 1. The quantitative estimate of drug-likeness (QED) is 0.0708. The predicted molar refractivity (Wildman–Crippen MR) is 182 cm³/mol. The third-order valence-corrected chi connectivity index (χ3v) is 10.6. The highest BCUT2D eigenvalue weighted by molar-refractivity contribution is 7.99. The van der Waals surface area contributed by atoms with Gasteiger partial charge in [0.1, 0.15) is 28.3 Å². The van der Waals surface area contributed by atoms with E-state index in [2.05, 4.69) is 16.0 Å². The summed E-state index contributed by atoms with van der Waals surface area (Å²) >= 11 is 1.32. The molecule has 1 rings (SSSR count). The number of rotatable bonds is 25. The molecule has 46 heavy (non-hydrogen) atoms. The first-order valence-electron chi connectivity index (χ1n) is 17.2. The van der Waals surface area contributed by atoms with Gasteiger partial charge in [0.05, 0.1) is 6.61 Å². The number of nitrogens with one attached hydrogen (secondary N) is 3. The Labute approximate surface area is 281 Å². The molecular formula is C33H64N4O8S. The van der Waals surface area contributed by atoms with E-state index in [-0.39, 0.29) is 17.7 Å². The van der Waals surface area contributed by atoms with E-state index in [1.807, 2.05) is 7.05 Å². The minimum absolute atomic E-state index is 0.0451. The lowest BCUT2D eigenvalue weighted by Gasteiger charge is -2.57. The number of amides is 3. The lowest BCUT2D eigenvalue weighted by Crippen LogP contribution is -2.76. The summed E-state index contributed by atoms with van der Waals surface area (Å²) < 4.78 is 5.76. The minimum atomic E-state index is -1.89. The molecule has 5 unspecified atom stereocenters. The summed E-state index contributed by atoms with van der Waals surface area (Å²) in [7, 11) is 3.72. The average Bonchev–Trinajstić information content (AvgIpc) is 3.00. The highest BCUT2D eigenvalue weighted by atomic mass is 32.2. The maximum atomic E-state index is 12.5. The molecule has 1 aliphatic heterocycles. The Balaban J connectivity index is 2.06. The van der Waals surface area contributed by atoms with Crippen molar-refractivity contribution >= 4 is 29.5 Å². The van der Waals surface area contributed by atoms with Gasteiger partial charge in [-0.1, -0.05) is 19.3 Å². The number of carbonyl (C=O) groups excluding carboxylic acids is 3. The van der Waals surface area contributed by atoms with Gasteiger partial charge in [-0.25, -0.2) is 0 Å². The van der Waals surface area contributed by atoms with Gasteiger partial charge in [0.25, 0.3) is 0 Å². The molecule has 0 saturated carbocycles. The molecule has 13 heteroatoms. The van der Waals surface area contributed by atoms with Crippen molar-refractivity contribution < 1.29 is 39.5 Å². The fourth-order valence-electron chi connectivity index (χ4n) is 5.41. The van der Waals surface area contributed by atoms with Crippen LogP contribution in [0.15, 0.2) is 0 Å². The normalized spacial score (nSPS) is 26.1. The average molecular weight is 677 g/mol. The fourth-order valence-corrected chi connectivity index (χ4v) is 6.76. The van der Waals surface area contributed by atoms with E-state index < -0.39 is 34.9 Å². The highest BCUT2D eigenvalue weighted by Gasteiger charge is 2.65. The Morgan fingerprint density at radius 2 is 1.26 bits per heavy atom. The summed E-state index contributed by atoms with van der Waals surface area (Å²) in [5, 5.41) is 51.2. The van der Waals surface area contributed by atoms with Crippen molar-refractivity contribution in [3.05, 3.63) is 0 Å². The van der Waals surface area contributed by atoms with Gasteiger partial charge in [0.15, 0.2) is 0 Å². The molecular weight excluding hydrogens is 612 g/mol. The van der Waals surface area contributed by atoms with Crippen LogP contribution in [-0.4, -0.2) is 124 Å². The third kappa shape index (κ3) is 14.3. The van der Waals surface area contributed by atoms with Gasteiger partial charge in [-0.05, 0) is 91.5 Å². The molecule has 5 atom stereocenters. The second kappa shape index (κ2) is 22.2. The van der Waals surface area contributed by atoms with Crippen molar-refractivity contribution in [1.82, 2.24) is 20.9 Å². The second-order valence-corrected chi connectivity index (χ2v) is 14.3. The molecule has 12 nitrogen and oxygen atoms in total. The zero-order valence-electron chi connectivity index (χ0n) is 29.1. The van der Waals surface area contributed by atoms with Crippen LogP contribution in [0.2, 0.25) is 0 Å². The van der Waals surface area contributed by atoms with E-state index in [0.29, 0.717) is 44.6 Å². The molecule has 1 fully saturated rings. The van der Waals surface area contributed by atoms with Gasteiger partial charge >= 0.3 is 0 Å². The van der Waals surface area contributed by atoms with Crippen molar-refractivity contribution in [2.24, 2.45) is 0 Å². The molecule has 0 aromatic heterocycles. The molecule has 1 aliphatic rings. The number of hydrogen-bond acceptors (Lipinski definition) is 10. The molecule has 0 bridgehead atoms. The number of aliphatic hydroxyl groups excluding tert-OH is 1. The maximum Gasteiger partial charge on any atom is 0.222 e. The molecule has 270 valence electrons. The second-order valence-electron chi connectivity index (χ2n) is 13.1. The Bertz CT molecular complexity index is 890. The number of carbonyl (C=O) groups is 3. The van der Waals surface area contributed by atoms with Crippen LogP contribution < -0.4 is 16.0 Å².